The van der Waals surface area contributed by atoms with Crippen LogP contribution in [-0.4, -0.2) is 42.6 Å². The number of ketones is 2. The lowest BCUT2D eigenvalue weighted by Crippen LogP contribution is -2.44. The molecule has 1 N–H and O–H groups in total. The number of allylic oxidation sites excluding steroid dienone is 4. The van der Waals surface area contributed by atoms with Crippen molar-refractivity contribution < 1.29 is 23.9 Å². The molecule has 2 aliphatic carbocycles. The highest BCUT2D eigenvalue weighted by Gasteiger charge is 2.49. The average Bonchev–Trinajstić information content (AvgIpc) is 2.92. The van der Waals surface area contributed by atoms with Crippen LogP contribution in [0.2, 0.25) is 0 Å². The van der Waals surface area contributed by atoms with Crippen LogP contribution in [0, 0.1) is 14.4 Å². The Morgan fingerprint density at radius 2 is 1.53 bits per heavy atom. The third-order valence-corrected chi connectivity index (χ3v) is 9.26. The fourth-order valence-electron chi connectivity index (χ4n) is 6.78. The molecule has 0 aromatic heterocycles. The van der Waals surface area contributed by atoms with Crippen molar-refractivity contribution in [1.29, 1.82) is 0 Å². The highest BCUT2D eigenvalue weighted by atomic mass is 127. The Labute approximate surface area is 268 Å². The molecule has 2 aromatic carbocycles. The van der Waals surface area contributed by atoms with Crippen LogP contribution in [0.4, 0.5) is 5.69 Å². The summed E-state index contributed by atoms with van der Waals surface area (Å²) in [4.78, 5) is 42.9. The molecule has 0 fully saturated rings. The van der Waals surface area contributed by atoms with Gasteiger partial charge in [0.25, 0.3) is 5.91 Å². The zero-order valence-electron chi connectivity index (χ0n) is 25.9. The molecule has 2 aromatic rings. The summed E-state index contributed by atoms with van der Waals surface area (Å²) in [5.41, 5.74) is 4.80. The number of methoxy groups -OCH3 is 1. The van der Waals surface area contributed by atoms with E-state index in [1.54, 1.807) is 7.11 Å². The fraction of sp³-hybridized carbons (Fsp3) is 0.457. The first kappa shape index (κ1) is 31.3. The number of amides is 1. The molecule has 0 spiro atoms. The molecule has 5 rings (SSSR count). The van der Waals surface area contributed by atoms with Crippen LogP contribution in [0.5, 0.6) is 11.5 Å². The van der Waals surface area contributed by atoms with Crippen LogP contribution in [0.15, 0.2) is 65.0 Å². The van der Waals surface area contributed by atoms with Crippen LogP contribution < -0.4 is 14.8 Å². The van der Waals surface area contributed by atoms with Gasteiger partial charge in [-0.25, -0.2) is 0 Å². The number of carbonyl (C=O) groups excluding carboxylic acids is 3. The summed E-state index contributed by atoms with van der Waals surface area (Å²) in [5.74, 6) is 0.368. The molecule has 0 saturated heterocycles. The Balaban J connectivity index is 1.58. The molecule has 43 heavy (non-hydrogen) atoms. The molecular weight excluding hydrogens is 655 g/mol. The second kappa shape index (κ2) is 12.1. The van der Waals surface area contributed by atoms with E-state index in [-0.39, 0.29) is 34.9 Å². The number of carbonyl (C=O) groups is 3. The number of ether oxygens (including phenoxy) is 2. The quantitative estimate of drug-likeness (QED) is 0.290. The van der Waals surface area contributed by atoms with E-state index in [0.29, 0.717) is 30.0 Å². The van der Waals surface area contributed by atoms with Crippen molar-refractivity contribution in [3.8, 4) is 11.5 Å². The lowest BCUT2D eigenvalue weighted by Gasteiger charge is -2.49. The Bertz CT molecular complexity index is 1470. The first-order valence-electron chi connectivity index (χ1n) is 15.0. The Kier molecular flexibility index (Phi) is 8.80. The molecule has 7 nitrogen and oxygen atoms in total. The molecular formula is C35H41IN2O5. The van der Waals surface area contributed by atoms with Gasteiger partial charge in [-0.05, 0) is 82.5 Å². The van der Waals surface area contributed by atoms with E-state index < -0.39 is 5.92 Å². The zero-order chi connectivity index (χ0) is 31.1. The second-order valence-electron chi connectivity index (χ2n) is 13.4. The summed E-state index contributed by atoms with van der Waals surface area (Å²) < 4.78 is 12.5. The molecule has 0 bridgehead atoms. The highest BCUT2D eigenvalue weighted by molar-refractivity contribution is 14.1. The molecule has 1 amide bonds. The molecule has 0 atom stereocenters. The van der Waals surface area contributed by atoms with Crippen LogP contribution in [0.1, 0.15) is 78.2 Å². The highest BCUT2D eigenvalue weighted by Crippen LogP contribution is 2.55. The number of nitrogens with zero attached hydrogens (tertiary/aromatic N) is 1. The van der Waals surface area contributed by atoms with Gasteiger partial charge >= 0.3 is 0 Å². The first-order chi connectivity index (χ1) is 20.3. The molecule has 0 saturated carbocycles. The summed E-state index contributed by atoms with van der Waals surface area (Å²) in [6.45, 7) is 11.3. The Hall–Kier alpha value is -3.14. The minimum Gasteiger partial charge on any atom is -0.493 e. The van der Waals surface area contributed by atoms with Gasteiger partial charge in [-0.15, -0.1) is 0 Å². The van der Waals surface area contributed by atoms with Gasteiger partial charge in [0.1, 0.15) is 0 Å². The number of nitrogens with one attached hydrogen (secondary N) is 1. The maximum absolute atomic E-state index is 14.0. The van der Waals surface area contributed by atoms with Gasteiger partial charge in [0.2, 0.25) is 0 Å². The molecule has 3 aliphatic rings. The van der Waals surface area contributed by atoms with E-state index >= 15 is 0 Å². The number of rotatable bonds is 8. The van der Waals surface area contributed by atoms with Crippen LogP contribution in [0.25, 0.3) is 0 Å². The fourth-order valence-corrected chi connectivity index (χ4v) is 7.56. The van der Waals surface area contributed by atoms with E-state index in [0.717, 1.165) is 57.5 Å². The summed E-state index contributed by atoms with van der Waals surface area (Å²) >= 11 is 2.19. The zero-order valence-corrected chi connectivity index (χ0v) is 28.1. The SMILES string of the molecule is CCCN1C2=C(C(=O)CC(C)(C)C2)C(c2cc(I)c(OCC(=O)Nc3ccccc3)c(OC)c2)C2=C1CC(C)(C)CC2=O. The molecule has 8 heteroatoms. The van der Waals surface area contributed by atoms with E-state index in [4.69, 9.17) is 9.47 Å². The molecule has 1 aliphatic heterocycles. The minimum absolute atomic E-state index is 0.105. The minimum atomic E-state index is -0.469. The number of hydrogen-bond donors (Lipinski definition) is 1. The van der Waals surface area contributed by atoms with Gasteiger partial charge in [-0.3, -0.25) is 14.4 Å². The lowest BCUT2D eigenvalue weighted by atomic mass is 9.63. The van der Waals surface area contributed by atoms with Crippen molar-refractivity contribution in [2.24, 2.45) is 10.8 Å². The van der Waals surface area contributed by atoms with Crippen LogP contribution in [0.3, 0.4) is 0 Å². The topological polar surface area (TPSA) is 84.9 Å². The van der Waals surface area contributed by atoms with Crippen molar-refractivity contribution >= 4 is 45.8 Å². The average molecular weight is 697 g/mol. The van der Waals surface area contributed by atoms with E-state index in [2.05, 4.69) is 67.4 Å². The van der Waals surface area contributed by atoms with Gasteiger partial charge in [0, 0.05) is 53.5 Å². The van der Waals surface area contributed by atoms with Crippen LogP contribution in [-0.2, 0) is 14.4 Å². The maximum Gasteiger partial charge on any atom is 0.262 e. The van der Waals surface area contributed by atoms with Gasteiger partial charge in [-0.2, -0.15) is 0 Å². The number of para-hydroxylation sites is 1. The normalized spacial score (nSPS) is 19.7. The first-order valence-corrected chi connectivity index (χ1v) is 16.1. The predicted molar refractivity (Wildman–Crippen MR) is 176 cm³/mol. The molecule has 228 valence electrons. The van der Waals surface area contributed by atoms with E-state index in [1.807, 2.05) is 42.5 Å². The van der Waals surface area contributed by atoms with Gasteiger partial charge in [0.05, 0.1) is 10.7 Å². The number of hydrogen-bond acceptors (Lipinski definition) is 6. The number of Topliss-reactive ketones (excluding diaryl/α,β-unsaturated/α-hetero) is 2. The van der Waals surface area contributed by atoms with Crippen molar-refractivity contribution in [3.05, 3.63) is 74.1 Å². The third-order valence-electron chi connectivity index (χ3n) is 8.46. The predicted octanol–water partition coefficient (Wildman–Crippen LogP) is 7.41. The number of benzene rings is 2. The number of anilines is 1. The molecule has 0 radical (unpaired) electrons. The monoisotopic (exact) mass is 696 g/mol. The van der Waals surface area contributed by atoms with Crippen molar-refractivity contribution in [2.45, 2.75) is 72.6 Å². The lowest BCUT2D eigenvalue weighted by molar-refractivity contribution is -0.120. The Morgan fingerprint density at radius 1 is 0.953 bits per heavy atom. The molecule has 1 heterocycles. The van der Waals surface area contributed by atoms with Gasteiger partial charge < -0.3 is 19.7 Å². The van der Waals surface area contributed by atoms with Gasteiger partial charge in [-0.1, -0.05) is 52.8 Å². The Morgan fingerprint density at radius 3 is 2.07 bits per heavy atom. The van der Waals surface area contributed by atoms with E-state index in [9.17, 15) is 14.4 Å². The van der Waals surface area contributed by atoms with Crippen molar-refractivity contribution in [2.75, 3.05) is 25.6 Å². The third kappa shape index (κ3) is 6.40. The summed E-state index contributed by atoms with van der Waals surface area (Å²) in [6.07, 6.45) is 3.36. The largest absolute Gasteiger partial charge is 0.493 e. The maximum atomic E-state index is 14.0. The van der Waals surface area contributed by atoms with E-state index in [1.165, 1.54) is 0 Å². The van der Waals surface area contributed by atoms with Crippen LogP contribution >= 0.6 is 22.6 Å². The van der Waals surface area contributed by atoms with Crippen molar-refractivity contribution in [3.63, 3.8) is 0 Å². The summed E-state index contributed by atoms with van der Waals surface area (Å²) in [6, 6.07) is 13.1. The van der Waals surface area contributed by atoms with Gasteiger partial charge in [0.15, 0.2) is 29.7 Å². The molecule has 0 unspecified atom stereocenters. The number of halogens is 1. The summed E-state index contributed by atoms with van der Waals surface area (Å²) in [7, 11) is 1.56. The second-order valence-corrected chi connectivity index (χ2v) is 14.6. The smallest absolute Gasteiger partial charge is 0.262 e. The van der Waals surface area contributed by atoms with Crippen molar-refractivity contribution in [1.82, 2.24) is 4.90 Å². The summed E-state index contributed by atoms with van der Waals surface area (Å²) in [5, 5.41) is 2.83. The standard InChI is InChI=1S/C35H41IN2O5/c1-7-13-38-24-16-34(2,3)18-26(39)31(24)30(32-25(38)17-35(4,5)19-27(32)40)21-14-23(36)33(28(15-21)42-6)43-20-29(41)37-22-11-9-8-10-12-22/h8-12,14-15,30H,7,13,16-20H2,1-6H3,(H,37,41).